The molecule has 0 aliphatic heterocycles. The molecule has 1 heterocycles. The van der Waals surface area contributed by atoms with Gasteiger partial charge >= 0.3 is 6.09 Å². The summed E-state index contributed by atoms with van der Waals surface area (Å²) in [5, 5.41) is 9.30. The number of hydrogen-bond acceptors (Lipinski definition) is 4. The molecule has 29 heavy (non-hydrogen) atoms. The van der Waals surface area contributed by atoms with Gasteiger partial charge in [0.25, 0.3) is 0 Å². The van der Waals surface area contributed by atoms with Crippen molar-refractivity contribution in [2.45, 2.75) is 45.9 Å². The average molecular weight is 401 g/mol. The number of imidazole rings is 1. The molecular weight excluding hydrogens is 368 g/mol. The van der Waals surface area contributed by atoms with Gasteiger partial charge in [0.2, 0.25) is 0 Å². The van der Waals surface area contributed by atoms with E-state index in [1.807, 2.05) is 37.9 Å². The Kier molecular flexibility index (Phi) is 8.51. The predicted octanol–water partition coefficient (Wildman–Crippen LogP) is 2.51. The SMILES string of the molecule is CN=C(NCCCNC(=O)OC(C)(C)C)NCc1cccc(Cn2ccnc2)c1. The van der Waals surface area contributed by atoms with Crippen LogP contribution in [0.5, 0.6) is 0 Å². The molecule has 0 atom stereocenters. The predicted molar refractivity (Wildman–Crippen MR) is 115 cm³/mol. The van der Waals surface area contributed by atoms with Crippen molar-refractivity contribution in [2.75, 3.05) is 20.1 Å². The van der Waals surface area contributed by atoms with Crippen molar-refractivity contribution in [3.8, 4) is 0 Å². The number of alkyl carbamates (subject to hydrolysis) is 1. The molecule has 158 valence electrons. The molecule has 0 spiro atoms. The Balaban J connectivity index is 1.68. The lowest BCUT2D eigenvalue weighted by molar-refractivity contribution is 0.0527. The van der Waals surface area contributed by atoms with Crippen LogP contribution in [0.2, 0.25) is 0 Å². The first-order chi connectivity index (χ1) is 13.9. The number of carbonyl (C=O) groups is 1. The highest BCUT2D eigenvalue weighted by atomic mass is 16.6. The fourth-order valence-electron chi connectivity index (χ4n) is 2.64. The van der Waals surface area contributed by atoms with E-state index in [0.717, 1.165) is 18.9 Å². The zero-order valence-corrected chi connectivity index (χ0v) is 17.7. The Morgan fingerprint density at radius 1 is 1.17 bits per heavy atom. The third-order valence-corrected chi connectivity index (χ3v) is 3.91. The summed E-state index contributed by atoms with van der Waals surface area (Å²) in [5.74, 6) is 0.724. The van der Waals surface area contributed by atoms with Crippen LogP contribution in [0.4, 0.5) is 4.79 Å². The lowest BCUT2D eigenvalue weighted by atomic mass is 10.1. The van der Waals surface area contributed by atoms with Gasteiger partial charge in [0.05, 0.1) is 6.33 Å². The van der Waals surface area contributed by atoms with Gasteiger partial charge in [-0.3, -0.25) is 4.99 Å². The smallest absolute Gasteiger partial charge is 0.407 e. The number of nitrogens with zero attached hydrogens (tertiary/aromatic N) is 3. The van der Waals surface area contributed by atoms with Crippen LogP contribution in [0.15, 0.2) is 48.0 Å². The molecule has 1 aromatic heterocycles. The molecule has 2 rings (SSSR count). The van der Waals surface area contributed by atoms with Gasteiger partial charge in [-0.05, 0) is 38.3 Å². The summed E-state index contributed by atoms with van der Waals surface area (Å²) in [6.45, 7) is 8.23. The lowest BCUT2D eigenvalue weighted by Crippen LogP contribution is -2.39. The van der Waals surface area contributed by atoms with E-state index in [1.54, 1.807) is 13.2 Å². The van der Waals surface area contributed by atoms with E-state index >= 15 is 0 Å². The number of ether oxygens (including phenoxy) is 1. The molecule has 0 saturated carbocycles. The topological polar surface area (TPSA) is 92.6 Å². The first-order valence-electron chi connectivity index (χ1n) is 9.80. The fraction of sp³-hybridized carbons (Fsp3) is 0.476. The van der Waals surface area contributed by atoms with Crippen molar-refractivity contribution in [1.82, 2.24) is 25.5 Å². The molecule has 2 aromatic rings. The van der Waals surface area contributed by atoms with Gasteiger partial charge in [-0.25, -0.2) is 9.78 Å². The second-order valence-electron chi connectivity index (χ2n) is 7.69. The number of aliphatic imine (C=N–C) groups is 1. The number of benzene rings is 1. The molecule has 0 unspecified atom stereocenters. The maximum absolute atomic E-state index is 11.6. The number of nitrogens with one attached hydrogen (secondary N) is 3. The van der Waals surface area contributed by atoms with Gasteiger partial charge in [0.15, 0.2) is 5.96 Å². The van der Waals surface area contributed by atoms with Crippen LogP contribution >= 0.6 is 0 Å². The summed E-state index contributed by atoms with van der Waals surface area (Å²) >= 11 is 0. The van der Waals surface area contributed by atoms with Gasteiger partial charge < -0.3 is 25.3 Å². The molecule has 0 bridgehead atoms. The highest BCUT2D eigenvalue weighted by Crippen LogP contribution is 2.07. The second-order valence-corrected chi connectivity index (χ2v) is 7.69. The summed E-state index contributed by atoms with van der Waals surface area (Å²) in [4.78, 5) is 19.9. The van der Waals surface area contributed by atoms with Gasteiger partial charge in [-0.2, -0.15) is 0 Å². The van der Waals surface area contributed by atoms with Crippen molar-refractivity contribution < 1.29 is 9.53 Å². The zero-order valence-electron chi connectivity index (χ0n) is 17.7. The van der Waals surface area contributed by atoms with E-state index in [-0.39, 0.29) is 0 Å². The number of carbonyl (C=O) groups excluding carboxylic acids is 1. The molecule has 3 N–H and O–H groups in total. The number of amides is 1. The van der Waals surface area contributed by atoms with Crippen LogP contribution in [0.25, 0.3) is 0 Å². The van der Waals surface area contributed by atoms with Crippen molar-refractivity contribution in [1.29, 1.82) is 0 Å². The summed E-state index contributed by atoms with van der Waals surface area (Å²) < 4.78 is 7.25. The van der Waals surface area contributed by atoms with Crippen molar-refractivity contribution in [3.63, 3.8) is 0 Å². The molecule has 0 fully saturated rings. The van der Waals surface area contributed by atoms with E-state index in [9.17, 15) is 4.79 Å². The summed E-state index contributed by atoms with van der Waals surface area (Å²) in [5.41, 5.74) is 1.92. The number of aromatic nitrogens is 2. The molecule has 0 radical (unpaired) electrons. The highest BCUT2D eigenvalue weighted by Gasteiger charge is 2.15. The molecule has 0 aliphatic carbocycles. The molecule has 1 amide bonds. The third-order valence-electron chi connectivity index (χ3n) is 3.91. The van der Waals surface area contributed by atoms with Crippen molar-refractivity contribution in [2.24, 2.45) is 4.99 Å². The summed E-state index contributed by atoms with van der Waals surface area (Å²) in [7, 11) is 1.74. The first kappa shape index (κ1) is 22.3. The Labute approximate surface area is 172 Å². The number of hydrogen-bond donors (Lipinski definition) is 3. The van der Waals surface area contributed by atoms with E-state index in [2.05, 4.69) is 50.2 Å². The van der Waals surface area contributed by atoms with Crippen LogP contribution in [0, 0.1) is 0 Å². The lowest BCUT2D eigenvalue weighted by Gasteiger charge is -2.19. The summed E-state index contributed by atoms with van der Waals surface area (Å²) in [6, 6.07) is 8.42. The molecule has 1 aromatic carbocycles. The largest absolute Gasteiger partial charge is 0.444 e. The summed E-state index contributed by atoms with van der Waals surface area (Å²) in [6.07, 6.45) is 5.92. The van der Waals surface area contributed by atoms with Gasteiger partial charge in [-0.15, -0.1) is 0 Å². The maximum Gasteiger partial charge on any atom is 0.407 e. The van der Waals surface area contributed by atoms with Gasteiger partial charge in [0, 0.05) is 45.6 Å². The molecule has 0 saturated heterocycles. The molecule has 8 heteroatoms. The first-order valence-corrected chi connectivity index (χ1v) is 9.80. The van der Waals surface area contributed by atoms with Crippen LogP contribution < -0.4 is 16.0 Å². The highest BCUT2D eigenvalue weighted by molar-refractivity contribution is 5.79. The standard InChI is InChI=1S/C21H32N6O2/c1-21(2,3)29-20(28)25-10-6-9-24-19(22-4)26-14-17-7-5-8-18(13-17)15-27-12-11-23-16-27/h5,7-8,11-13,16H,6,9-10,14-15H2,1-4H3,(H,25,28)(H2,22,24,26). The van der Waals surface area contributed by atoms with E-state index in [0.29, 0.717) is 19.6 Å². The monoisotopic (exact) mass is 400 g/mol. The third kappa shape index (κ3) is 9.14. The minimum atomic E-state index is -0.482. The van der Waals surface area contributed by atoms with Crippen LogP contribution in [0.3, 0.4) is 0 Å². The van der Waals surface area contributed by atoms with E-state index in [4.69, 9.17) is 4.74 Å². The van der Waals surface area contributed by atoms with E-state index < -0.39 is 11.7 Å². The minimum Gasteiger partial charge on any atom is -0.444 e. The fourth-order valence-corrected chi connectivity index (χ4v) is 2.64. The van der Waals surface area contributed by atoms with Crippen molar-refractivity contribution >= 4 is 12.1 Å². The maximum atomic E-state index is 11.6. The Morgan fingerprint density at radius 3 is 2.62 bits per heavy atom. The van der Waals surface area contributed by atoms with Crippen LogP contribution in [-0.4, -0.2) is 47.3 Å². The van der Waals surface area contributed by atoms with Crippen molar-refractivity contribution in [3.05, 3.63) is 54.1 Å². The molecule has 0 aliphatic rings. The number of rotatable bonds is 8. The van der Waals surface area contributed by atoms with E-state index in [1.165, 1.54) is 11.1 Å². The number of guanidine groups is 1. The quantitative estimate of drug-likeness (QED) is 0.360. The second kappa shape index (κ2) is 11.1. The Hall–Kier alpha value is -3.03. The molecule has 8 nitrogen and oxygen atoms in total. The van der Waals surface area contributed by atoms with Gasteiger partial charge in [-0.1, -0.05) is 24.3 Å². The van der Waals surface area contributed by atoms with Gasteiger partial charge in [0.1, 0.15) is 5.60 Å². The average Bonchev–Trinajstić information content (AvgIpc) is 3.16. The Bertz CT molecular complexity index is 781. The Morgan fingerprint density at radius 2 is 1.93 bits per heavy atom. The molecular formula is C21H32N6O2. The van der Waals surface area contributed by atoms with Crippen LogP contribution in [0.1, 0.15) is 38.3 Å². The normalized spacial score (nSPS) is 11.8. The minimum absolute atomic E-state index is 0.393. The van der Waals surface area contributed by atoms with Crippen LogP contribution in [-0.2, 0) is 17.8 Å². The zero-order chi connectivity index (χ0) is 21.1.